The zero-order valence-corrected chi connectivity index (χ0v) is 13.7. The quantitative estimate of drug-likeness (QED) is 0.868. The molecule has 0 radical (unpaired) electrons. The molecule has 0 atom stereocenters. The monoisotopic (exact) mass is 337 g/mol. The first-order valence-corrected chi connectivity index (χ1v) is 7.55. The van der Waals surface area contributed by atoms with Crippen molar-refractivity contribution in [2.24, 2.45) is 7.05 Å². The molecule has 5 heteroatoms. The molecule has 0 aliphatic heterocycles. The van der Waals surface area contributed by atoms with Gasteiger partial charge in [-0.1, -0.05) is 6.92 Å². The second-order valence-corrected chi connectivity index (χ2v) is 5.49. The summed E-state index contributed by atoms with van der Waals surface area (Å²) in [5, 5.41) is 7.77. The molecule has 1 aromatic carbocycles. The number of ether oxygens (including phenoxy) is 1. The van der Waals surface area contributed by atoms with E-state index in [2.05, 4.69) is 33.3 Å². The summed E-state index contributed by atoms with van der Waals surface area (Å²) < 4.78 is 8.52. The van der Waals surface area contributed by atoms with Crippen LogP contribution < -0.4 is 10.1 Å². The highest BCUT2D eigenvalue weighted by Gasteiger charge is 2.09. The highest BCUT2D eigenvalue weighted by Crippen LogP contribution is 2.22. The van der Waals surface area contributed by atoms with Crippen LogP contribution in [-0.2, 0) is 13.6 Å². The largest absolute Gasteiger partial charge is 0.494 e. The Labute approximate surface area is 128 Å². The molecule has 0 aliphatic rings. The molecule has 1 N–H and O–H groups in total. The van der Waals surface area contributed by atoms with Crippen molar-refractivity contribution in [3.63, 3.8) is 0 Å². The number of anilines is 1. The summed E-state index contributed by atoms with van der Waals surface area (Å²) in [4.78, 5) is 0. The van der Waals surface area contributed by atoms with Gasteiger partial charge in [0.15, 0.2) is 0 Å². The summed E-state index contributed by atoms with van der Waals surface area (Å²) in [6, 6.07) is 8.04. The van der Waals surface area contributed by atoms with Crippen molar-refractivity contribution in [2.45, 2.75) is 26.8 Å². The van der Waals surface area contributed by atoms with Crippen molar-refractivity contribution in [1.82, 2.24) is 9.78 Å². The Morgan fingerprint density at radius 2 is 2.00 bits per heavy atom. The van der Waals surface area contributed by atoms with Crippen LogP contribution in [0.1, 0.15) is 24.7 Å². The van der Waals surface area contributed by atoms with E-state index in [1.54, 1.807) is 0 Å². The third-order valence-electron chi connectivity index (χ3n) is 3.05. The smallest absolute Gasteiger partial charge is 0.119 e. The molecular formula is C15H20BrN3O. The van der Waals surface area contributed by atoms with Crippen molar-refractivity contribution in [3.8, 4) is 5.75 Å². The van der Waals surface area contributed by atoms with Crippen molar-refractivity contribution in [2.75, 3.05) is 11.9 Å². The zero-order valence-electron chi connectivity index (χ0n) is 12.1. The normalized spacial score (nSPS) is 10.6. The lowest BCUT2D eigenvalue weighted by molar-refractivity contribution is 0.317. The SMILES string of the molecule is CCCOc1ccc(NCc2c(Br)c(C)nn2C)cc1. The molecule has 0 amide bonds. The zero-order chi connectivity index (χ0) is 14.5. The summed E-state index contributed by atoms with van der Waals surface area (Å²) in [5.74, 6) is 0.912. The number of halogens is 1. The molecule has 0 saturated carbocycles. The van der Waals surface area contributed by atoms with Crippen LogP contribution in [0.15, 0.2) is 28.7 Å². The number of benzene rings is 1. The summed E-state index contributed by atoms with van der Waals surface area (Å²) in [6.07, 6.45) is 1.02. The Bertz CT molecular complexity index is 563. The Hall–Kier alpha value is -1.49. The van der Waals surface area contributed by atoms with E-state index in [1.165, 1.54) is 0 Å². The lowest BCUT2D eigenvalue weighted by Crippen LogP contribution is -2.06. The number of hydrogen-bond acceptors (Lipinski definition) is 3. The van der Waals surface area contributed by atoms with Gasteiger partial charge >= 0.3 is 0 Å². The van der Waals surface area contributed by atoms with Crippen molar-refractivity contribution in [1.29, 1.82) is 0 Å². The van der Waals surface area contributed by atoms with Crippen LogP contribution in [-0.4, -0.2) is 16.4 Å². The van der Waals surface area contributed by atoms with Gasteiger partial charge in [-0.15, -0.1) is 0 Å². The predicted octanol–water partition coefficient (Wildman–Crippen LogP) is 3.89. The van der Waals surface area contributed by atoms with Crippen molar-refractivity contribution >= 4 is 21.6 Å². The fourth-order valence-electron chi connectivity index (χ4n) is 1.95. The number of hydrogen-bond donors (Lipinski definition) is 1. The summed E-state index contributed by atoms with van der Waals surface area (Å²) >= 11 is 3.57. The predicted molar refractivity (Wildman–Crippen MR) is 85.2 cm³/mol. The van der Waals surface area contributed by atoms with E-state index in [9.17, 15) is 0 Å². The third-order valence-corrected chi connectivity index (χ3v) is 4.08. The summed E-state index contributed by atoms with van der Waals surface area (Å²) in [7, 11) is 1.95. The van der Waals surface area contributed by atoms with Crippen molar-refractivity contribution in [3.05, 3.63) is 40.1 Å². The Kier molecular flexibility index (Phi) is 5.06. The maximum absolute atomic E-state index is 5.57. The average molecular weight is 338 g/mol. The second-order valence-electron chi connectivity index (χ2n) is 4.70. The van der Waals surface area contributed by atoms with E-state index in [-0.39, 0.29) is 0 Å². The van der Waals surface area contributed by atoms with Crippen LogP contribution in [0.25, 0.3) is 0 Å². The first-order valence-electron chi connectivity index (χ1n) is 6.76. The van der Waals surface area contributed by atoms with Crippen LogP contribution in [0.4, 0.5) is 5.69 Å². The van der Waals surface area contributed by atoms with E-state index >= 15 is 0 Å². The molecule has 0 fully saturated rings. The molecule has 20 heavy (non-hydrogen) atoms. The van der Waals surface area contributed by atoms with E-state index in [0.717, 1.165) is 46.9 Å². The number of aryl methyl sites for hydroxylation is 2. The minimum Gasteiger partial charge on any atom is -0.494 e. The van der Waals surface area contributed by atoms with Gasteiger partial charge in [0.25, 0.3) is 0 Å². The van der Waals surface area contributed by atoms with Gasteiger partial charge in [0.2, 0.25) is 0 Å². The van der Waals surface area contributed by atoms with Crippen LogP contribution in [0, 0.1) is 6.92 Å². The van der Waals surface area contributed by atoms with Crippen LogP contribution >= 0.6 is 15.9 Å². The number of nitrogens with zero attached hydrogens (tertiary/aromatic N) is 2. The maximum Gasteiger partial charge on any atom is 0.119 e. The van der Waals surface area contributed by atoms with Gasteiger partial charge in [-0.2, -0.15) is 5.10 Å². The Balaban J connectivity index is 1.97. The molecule has 0 bridgehead atoms. The molecule has 0 saturated heterocycles. The fourth-order valence-corrected chi connectivity index (χ4v) is 2.42. The number of nitrogens with one attached hydrogen (secondary N) is 1. The molecule has 0 unspecified atom stereocenters. The number of aromatic nitrogens is 2. The van der Waals surface area contributed by atoms with Crippen LogP contribution in [0.2, 0.25) is 0 Å². The van der Waals surface area contributed by atoms with E-state index in [4.69, 9.17) is 4.74 Å². The third kappa shape index (κ3) is 3.54. The highest BCUT2D eigenvalue weighted by molar-refractivity contribution is 9.10. The minimum absolute atomic E-state index is 0.729. The van der Waals surface area contributed by atoms with Gasteiger partial charge in [0.05, 0.1) is 29.0 Å². The molecule has 4 nitrogen and oxygen atoms in total. The molecule has 0 aliphatic carbocycles. The molecule has 2 rings (SSSR count). The first-order chi connectivity index (χ1) is 9.61. The molecule has 108 valence electrons. The fraction of sp³-hybridized carbons (Fsp3) is 0.400. The van der Waals surface area contributed by atoms with Gasteiger partial charge < -0.3 is 10.1 Å². The lowest BCUT2D eigenvalue weighted by atomic mass is 10.3. The first kappa shape index (κ1) is 14.9. The maximum atomic E-state index is 5.57. The summed E-state index contributed by atoms with van der Waals surface area (Å²) in [5.41, 5.74) is 3.21. The van der Waals surface area contributed by atoms with E-state index in [0.29, 0.717) is 0 Å². The molecule has 2 aromatic rings. The van der Waals surface area contributed by atoms with E-state index in [1.807, 2.05) is 42.9 Å². The van der Waals surface area contributed by atoms with Crippen molar-refractivity contribution < 1.29 is 4.74 Å². The molecule has 1 aromatic heterocycles. The lowest BCUT2D eigenvalue weighted by Gasteiger charge is -2.09. The van der Waals surface area contributed by atoms with Gasteiger partial charge in [-0.25, -0.2) is 0 Å². The van der Waals surface area contributed by atoms with Gasteiger partial charge in [0, 0.05) is 12.7 Å². The van der Waals surface area contributed by atoms with E-state index < -0.39 is 0 Å². The van der Waals surface area contributed by atoms with Crippen LogP contribution in [0.5, 0.6) is 5.75 Å². The van der Waals surface area contributed by atoms with Gasteiger partial charge in [-0.3, -0.25) is 4.68 Å². The van der Waals surface area contributed by atoms with Gasteiger partial charge in [-0.05, 0) is 53.5 Å². The Morgan fingerprint density at radius 1 is 1.30 bits per heavy atom. The number of rotatable bonds is 6. The molecule has 1 heterocycles. The Morgan fingerprint density at radius 3 is 2.55 bits per heavy atom. The summed E-state index contributed by atoms with van der Waals surface area (Å²) in [6.45, 7) is 5.58. The average Bonchev–Trinajstić information content (AvgIpc) is 2.69. The van der Waals surface area contributed by atoms with Crippen LogP contribution in [0.3, 0.4) is 0 Å². The topological polar surface area (TPSA) is 39.1 Å². The highest BCUT2D eigenvalue weighted by atomic mass is 79.9. The standard InChI is InChI=1S/C15H20BrN3O/c1-4-9-20-13-7-5-12(6-8-13)17-10-14-15(16)11(2)18-19(14)3/h5-8,17H,4,9-10H2,1-3H3. The molecule has 0 spiro atoms. The van der Waals surface area contributed by atoms with Gasteiger partial charge in [0.1, 0.15) is 5.75 Å². The molecular weight excluding hydrogens is 318 g/mol. The minimum atomic E-state index is 0.729. The second kappa shape index (κ2) is 6.79.